The molecule has 1 fully saturated rings. The molecule has 0 spiro atoms. The van der Waals surface area contributed by atoms with Crippen molar-refractivity contribution < 1.29 is 17.3 Å². The second-order valence-corrected chi connectivity index (χ2v) is 9.28. The molecule has 160 valence electrons. The summed E-state index contributed by atoms with van der Waals surface area (Å²) in [5, 5.41) is 10.3. The summed E-state index contributed by atoms with van der Waals surface area (Å²) in [4.78, 5) is 6.63. The quantitative estimate of drug-likeness (QED) is 0.565. The van der Waals surface area contributed by atoms with Crippen molar-refractivity contribution in [1.29, 1.82) is 5.26 Å². The lowest BCUT2D eigenvalue weighted by Crippen LogP contribution is -2.48. The van der Waals surface area contributed by atoms with Gasteiger partial charge in [-0.3, -0.25) is 9.17 Å². The zero-order valence-electron chi connectivity index (χ0n) is 17.4. The van der Waals surface area contributed by atoms with Gasteiger partial charge in [-0.15, -0.1) is 0 Å². The third-order valence-corrected chi connectivity index (χ3v) is 6.55. The lowest BCUT2D eigenvalue weighted by atomic mass is 10.1. The molecule has 0 bridgehead atoms. The van der Waals surface area contributed by atoms with Gasteiger partial charge in [0.1, 0.15) is 12.2 Å². The molecular formula is C23H23N3O4S. The highest BCUT2D eigenvalue weighted by molar-refractivity contribution is 7.86. The summed E-state index contributed by atoms with van der Waals surface area (Å²) in [7, 11) is -3.86. The van der Waals surface area contributed by atoms with E-state index < -0.39 is 16.2 Å². The van der Waals surface area contributed by atoms with E-state index in [4.69, 9.17) is 8.92 Å². The first-order valence-electron chi connectivity index (χ1n) is 10.0. The van der Waals surface area contributed by atoms with Crippen LogP contribution in [0.4, 0.5) is 5.69 Å². The maximum Gasteiger partial charge on any atom is 0.297 e. The molecule has 1 saturated heterocycles. The SMILES string of the molecule is Cc1ccc(S(=O)(=O)OC[C@H]2CN(c3ccc(C#N)c4ncccc34)C[C@@H](C)O2)cc1. The third kappa shape index (κ3) is 4.54. The molecule has 2 heterocycles. The van der Waals surface area contributed by atoms with Crippen LogP contribution in [0.1, 0.15) is 18.1 Å². The van der Waals surface area contributed by atoms with Crippen LogP contribution in [0.2, 0.25) is 0 Å². The van der Waals surface area contributed by atoms with Crippen molar-refractivity contribution in [2.75, 3.05) is 24.6 Å². The number of pyridine rings is 1. The standard InChI is InChI=1S/C23H23N3O4S/c1-16-5-8-20(9-6-16)31(27,28)29-15-19-14-26(13-17(2)30-19)22-10-7-18(12-24)23-21(22)4-3-11-25-23/h3-11,17,19H,13-15H2,1-2H3/t17-,19-/m1/s1. The Morgan fingerprint density at radius 1 is 1.19 bits per heavy atom. The molecule has 3 aromatic rings. The Morgan fingerprint density at radius 2 is 1.97 bits per heavy atom. The summed E-state index contributed by atoms with van der Waals surface area (Å²) in [5.41, 5.74) is 3.08. The molecular weight excluding hydrogens is 414 g/mol. The van der Waals surface area contributed by atoms with Crippen molar-refractivity contribution in [3.8, 4) is 6.07 Å². The Balaban J connectivity index is 1.54. The van der Waals surface area contributed by atoms with Crippen molar-refractivity contribution in [3.05, 3.63) is 65.9 Å². The van der Waals surface area contributed by atoms with Crippen LogP contribution in [-0.2, 0) is 19.0 Å². The predicted molar refractivity (Wildman–Crippen MR) is 117 cm³/mol. The van der Waals surface area contributed by atoms with Crippen molar-refractivity contribution in [1.82, 2.24) is 4.98 Å². The van der Waals surface area contributed by atoms with Crippen LogP contribution in [0.5, 0.6) is 0 Å². The number of hydrogen-bond acceptors (Lipinski definition) is 7. The van der Waals surface area contributed by atoms with Gasteiger partial charge in [-0.25, -0.2) is 0 Å². The fraction of sp³-hybridized carbons (Fsp3) is 0.304. The molecule has 4 rings (SSSR count). The van der Waals surface area contributed by atoms with E-state index >= 15 is 0 Å². The zero-order valence-corrected chi connectivity index (χ0v) is 18.2. The number of ether oxygens (including phenoxy) is 1. The highest BCUT2D eigenvalue weighted by atomic mass is 32.2. The zero-order chi connectivity index (χ0) is 22.0. The van der Waals surface area contributed by atoms with Gasteiger partial charge >= 0.3 is 0 Å². The lowest BCUT2D eigenvalue weighted by molar-refractivity contribution is -0.0359. The second kappa shape index (κ2) is 8.63. The van der Waals surface area contributed by atoms with E-state index in [-0.39, 0.29) is 17.6 Å². The van der Waals surface area contributed by atoms with Crippen LogP contribution in [0.15, 0.2) is 59.6 Å². The smallest absolute Gasteiger partial charge is 0.297 e. The molecule has 0 aliphatic carbocycles. The van der Waals surface area contributed by atoms with E-state index in [1.54, 1.807) is 24.4 Å². The Hall–Kier alpha value is -2.99. The van der Waals surface area contributed by atoms with E-state index in [2.05, 4.69) is 16.0 Å². The highest BCUT2D eigenvalue weighted by Crippen LogP contribution is 2.30. The van der Waals surface area contributed by atoms with Gasteiger partial charge < -0.3 is 9.64 Å². The number of rotatable bonds is 5. The number of aryl methyl sites for hydroxylation is 1. The number of morpholine rings is 1. The van der Waals surface area contributed by atoms with E-state index in [1.807, 2.05) is 32.0 Å². The van der Waals surface area contributed by atoms with Crippen LogP contribution in [0.3, 0.4) is 0 Å². The van der Waals surface area contributed by atoms with Gasteiger partial charge in [0.25, 0.3) is 10.1 Å². The maximum atomic E-state index is 12.5. The van der Waals surface area contributed by atoms with Crippen molar-refractivity contribution in [2.45, 2.75) is 31.0 Å². The topological polar surface area (TPSA) is 92.5 Å². The van der Waals surface area contributed by atoms with Crippen molar-refractivity contribution in [3.63, 3.8) is 0 Å². The van der Waals surface area contributed by atoms with Crippen LogP contribution in [0, 0.1) is 18.3 Å². The number of nitrogens with zero attached hydrogens (tertiary/aromatic N) is 3. The van der Waals surface area contributed by atoms with Gasteiger partial charge in [0.2, 0.25) is 0 Å². The van der Waals surface area contributed by atoms with Crippen LogP contribution < -0.4 is 4.90 Å². The summed E-state index contributed by atoms with van der Waals surface area (Å²) in [6.45, 7) is 4.85. The monoisotopic (exact) mass is 437 g/mol. The number of aromatic nitrogens is 1. The van der Waals surface area contributed by atoms with Gasteiger partial charge in [0, 0.05) is 30.4 Å². The Morgan fingerprint density at radius 3 is 2.71 bits per heavy atom. The average molecular weight is 438 g/mol. The third-order valence-electron chi connectivity index (χ3n) is 5.25. The molecule has 0 amide bonds. The number of benzene rings is 2. The van der Waals surface area contributed by atoms with Crippen molar-refractivity contribution >= 4 is 26.7 Å². The summed E-state index contributed by atoms with van der Waals surface area (Å²) >= 11 is 0. The molecule has 7 nitrogen and oxygen atoms in total. The highest BCUT2D eigenvalue weighted by Gasteiger charge is 2.29. The molecule has 8 heteroatoms. The Labute approximate surface area is 182 Å². The van der Waals surface area contributed by atoms with Gasteiger partial charge in [-0.2, -0.15) is 13.7 Å². The van der Waals surface area contributed by atoms with E-state index in [0.717, 1.165) is 16.6 Å². The van der Waals surface area contributed by atoms with E-state index in [9.17, 15) is 13.7 Å². The predicted octanol–water partition coefficient (Wildman–Crippen LogP) is 3.41. The van der Waals surface area contributed by atoms with Crippen LogP contribution in [0.25, 0.3) is 10.9 Å². The molecule has 2 aromatic carbocycles. The number of nitriles is 1. The minimum absolute atomic E-state index is 0.0798. The summed E-state index contributed by atoms with van der Waals surface area (Å²) in [6, 6.07) is 16.2. The van der Waals surface area contributed by atoms with Gasteiger partial charge in [-0.1, -0.05) is 17.7 Å². The number of anilines is 1. The molecule has 0 saturated carbocycles. The maximum absolute atomic E-state index is 12.5. The van der Waals surface area contributed by atoms with Gasteiger partial charge in [-0.05, 0) is 50.2 Å². The first-order chi connectivity index (χ1) is 14.9. The van der Waals surface area contributed by atoms with Crippen molar-refractivity contribution in [2.24, 2.45) is 0 Å². The minimum Gasteiger partial charge on any atom is -0.369 e. The Kier molecular flexibility index (Phi) is 5.92. The summed E-state index contributed by atoms with van der Waals surface area (Å²) < 4.78 is 36.3. The minimum atomic E-state index is -3.86. The second-order valence-electron chi connectivity index (χ2n) is 7.67. The molecule has 0 N–H and O–H groups in total. The normalized spacial score (nSPS) is 19.3. The molecule has 1 aliphatic heterocycles. The molecule has 0 unspecified atom stereocenters. The summed E-state index contributed by atoms with van der Waals surface area (Å²) in [5.74, 6) is 0. The molecule has 31 heavy (non-hydrogen) atoms. The lowest BCUT2D eigenvalue weighted by Gasteiger charge is -2.38. The number of fused-ring (bicyclic) bond motifs is 1. The van der Waals surface area contributed by atoms with E-state index in [0.29, 0.717) is 24.2 Å². The first kappa shape index (κ1) is 21.2. The Bertz CT molecular complexity index is 1240. The average Bonchev–Trinajstić information content (AvgIpc) is 2.77. The fourth-order valence-electron chi connectivity index (χ4n) is 3.80. The van der Waals surface area contributed by atoms with Gasteiger partial charge in [0.05, 0.1) is 28.7 Å². The molecule has 2 atom stereocenters. The number of hydrogen-bond donors (Lipinski definition) is 0. The first-order valence-corrected chi connectivity index (χ1v) is 11.4. The molecule has 1 aliphatic rings. The van der Waals surface area contributed by atoms with Crippen LogP contribution in [-0.4, -0.2) is 45.3 Å². The largest absolute Gasteiger partial charge is 0.369 e. The molecule has 0 radical (unpaired) electrons. The van der Waals surface area contributed by atoms with E-state index in [1.165, 1.54) is 12.1 Å². The van der Waals surface area contributed by atoms with Gasteiger partial charge in [0.15, 0.2) is 0 Å². The summed E-state index contributed by atoms with van der Waals surface area (Å²) in [6.07, 6.45) is 1.12. The molecule has 1 aromatic heterocycles. The van der Waals surface area contributed by atoms with Crippen LogP contribution >= 0.6 is 0 Å². The fourth-order valence-corrected chi connectivity index (χ4v) is 4.73.